The topological polar surface area (TPSA) is 89.4 Å². The Kier molecular flexibility index (Phi) is 6.37. The molecule has 0 bridgehead atoms. The molecule has 1 N–H and O–H groups in total. The second kappa shape index (κ2) is 9.53. The van der Waals surface area contributed by atoms with Gasteiger partial charge in [-0.1, -0.05) is 30.3 Å². The van der Waals surface area contributed by atoms with Crippen molar-refractivity contribution in [2.75, 3.05) is 25.5 Å². The maximum absolute atomic E-state index is 12.8. The summed E-state index contributed by atoms with van der Waals surface area (Å²) in [6.07, 6.45) is 5.72. The third-order valence-electron chi connectivity index (χ3n) is 5.50. The average molecular weight is 419 g/mol. The van der Waals surface area contributed by atoms with Gasteiger partial charge in [-0.25, -0.2) is 4.68 Å². The highest BCUT2D eigenvalue weighted by molar-refractivity contribution is 5.94. The quantitative estimate of drug-likeness (QED) is 0.663. The molecule has 4 rings (SSSR count). The van der Waals surface area contributed by atoms with E-state index in [4.69, 9.17) is 4.74 Å². The van der Waals surface area contributed by atoms with Crippen LogP contribution in [-0.4, -0.2) is 51.7 Å². The van der Waals surface area contributed by atoms with E-state index in [0.29, 0.717) is 24.5 Å². The molecule has 8 nitrogen and oxygen atoms in total. The SMILES string of the molecule is COC(C(=O)Nc1ccnn1C1CCN(C(=O)c2cccnc2)CC1)c1ccccc1. The number of nitrogens with zero attached hydrogens (tertiary/aromatic N) is 4. The fourth-order valence-electron chi connectivity index (χ4n) is 3.90. The number of aromatic nitrogens is 3. The number of benzene rings is 1. The molecule has 1 aliphatic heterocycles. The van der Waals surface area contributed by atoms with Crippen LogP contribution in [0.1, 0.15) is 40.9 Å². The third kappa shape index (κ3) is 4.64. The molecule has 1 unspecified atom stereocenters. The Morgan fingerprint density at radius 1 is 1.06 bits per heavy atom. The largest absolute Gasteiger partial charge is 0.367 e. The number of hydrogen-bond acceptors (Lipinski definition) is 5. The molecule has 1 aliphatic rings. The van der Waals surface area contributed by atoms with Crippen LogP contribution >= 0.6 is 0 Å². The first kappa shape index (κ1) is 20.7. The summed E-state index contributed by atoms with van der Waals surface area (Å²) in [6, 6.07) is 14.8. The van der Waals surface area contributed by atoms with Crippen molar-refractivity contribution >= 4 is 17.6 Å². The minimum atomic E-state index is -0.705. The van der Waals surface area contributed by atoms with Crippen molar-refractivity contribution in [2.45, 2.75) is 25.0 Å². The number of piperidine rings is 1. The smallest absolute Gasteiger partial charge is 0.259 e. The van der Waals surface area contributed by atoms with Gasteiger partial charge in [-0.15, -0.1) is 0 Å². The lowest BCUT2D eigenvalue weighted by molar-refractivity contribution is -0.126. The first-order chi connectivity index (χ1) is 15.2. The molecule has 3 heterocycles. The summed E-state index contributed by atoms with van der Waals surface area (Å²) in [4.78, 5) is 31.3. The number of carbonyl (C=O) groups is 2. The highest BCUT2D eigenvalue weighted by Crippen LogP contribution is 2.27. The number of hydrogen-bond donors (Lipinski definition) is 1. The van der Waals surface area contributed by atoms with Gasteiger partial charge < -0.3 is 15.0 Å². The highest BCUT2D eigenvalue weighted by Gasteiger charge is 2.27. The van der Waals surface area contributed by atoms with Crippen LogP contribution in [0.3, 0.4) is 0 Å². The number of likely N-dealkylation sites (tertiary alicyclic amines) is 1. The van der Waals surface area contributed by atoms with Crippen LogP contribution < -0.4 is 5.32 Å². The van der Waals surface area contributed by atoms with E-state index in [1.54, 1.807) is 36.8 Å². The summed E-state index contributed by atoms with van der Waals surface area (Å²) in [7, 11) is 1.52. The summed E-state index contributed by atoms with van der Waals surface area (Å²) in [6.45, 7) is 1.24. The molecule has 2 amide bonds. The van der Waals surface area contributed by atoms with Crippen LogP contribution in [0.25, 0.3) is 0 Å². The number of anilines is 1. The third-order valence-corrected chi connectivity index (χ3v) is 5.50. The number of amides is 2. The van der Waals surface area contributed by atoms with Crippen LogP contribution in [-0.2, 0) is 9.53 Å². The van der Waals surface area contributed by atoms with Gasteiger partial charge in [0.25, 0.3) is 11.8 Å². The Balaban J connectivity index is 1.40. The van der Waals surface area contributed by atoms with E-state index in [0.717, 1.165) is 18.4 Å². The Labute approximate surface area is 180 Å². The molecule has 8 heteroatoms. The first-order valence-corrected chi connectivity index (χ1v) is 10.3. The van der Waals surface area contributed by atoms with Gasteiger partial charge in [0.05, 0.1) is 17.8 Å². The number of nitrogens with one attached hydrogen (secondary N) is 1. The number of carbonyl (C=O) groups excluding carboxylic acids is 2. The molecule has 160 valence electrons. The van der Waals surface area contributed by atoms with Gasteiger partial charge in [0, 0.05) is 38.7 Å². The lowest BCUT2D eigenvalue weighted by Gasteiger charge is -2.32. The van der Waals surface area contributed by atoms with E-state index in [-0.39, 0.29) is 17.9 Å². The maximum atomic E-state index is 12.8. The minimum absolute atomic E-state index is 0.00802. The summed E-state index contributed by atoms with van der Waals surface area (Å²) < 4.78 is 7.26. The molecule has 0 radical (unpaired) electrons. The number of methoxy groups -OCH3 is 1. The Morgan fingerprint density at radius 3 is 2.52 bits per heavy atom. The van der Waals surface area contributed by atoms with Crippen molar-refractivity contribution in [3.63, 3.8) is 0 Å². The second-order valence-corrected chi connectivity index (χ2v) is 7.44. The fraction of sp³-hybridized carbons (Fsp3) is 0.304. The highest BCUT2D eigenvalue weighted by atomic mass is 16.5. The van der Waals surface area contributed by atoms with Gasteiger partial charge >= 0.3 is 0 Å². The summed E-state index contributed by atoms with van der Waals surface area (Å²) >= 11 is 0. The van der Waals surface area contributed by atoms with E-state index in [9.17, 15) is 9.59 Å². The monoisotopic (exact) mass is 419 g/mol. The van der Waals surface area contributed by atoms with Crippen molar-refractivity contribution in [2.24, 2.45) is 0 Å². The molecule has 0 spiro atoms. The van der Waals surface area contributed by atoms with Gasteiger partial charge in [0.15, 0.2) is 6.10 Å². The standard InChI is InChI=1S/C23H25N5O3/c1-31-21(17-6-3-2-4-7-17)22(29)26-20-9-13-25-28(20)19-10-14-27(15-11-19)23(30)18-8-5-12-24-16-18/h2-9,12-13,16,19,21H,10-11,14-15H2,1H3,(H,26,29). The van der Waals surface area contributed by atoms with Crippen LogP contribution in [0.15, 0.2) is 67.1 Å². The Bertz CT molecular complexity index is 1010. The van der Waals surface area contributed by atoms with E-state index >= 15 is 0 Å². The average Bonchev–Trinajstić information content (AvgIpc) is 3.28. The molecule has 31 heavy (non-hydrogen) atoms. The molecule has 1 aromatic carbocycles. The van der Waals surface area contributed by atoms with Crippen LogP contribution in [0.5, 0.6) is 0 Å². The number of rotatable bonds is 6. The molecular weight excluding hydrogens is 394 g/mol. The van der Waals surface area contributed by atoms with E-state index in [1.807, 2.05) is 39.9 Å². The molecule has 0 aliphatic carbocycles. The van der Waals surface area contributed by atoms with Gasteiger partial charge in [-0.05, 0) is 30.5 Å². The zero-order valence-corrected chi connectivity index (χ0v) is 17.3. The Morgan fingerprint density at radius 2 is 1.84 bits per heavy atom. The van der Waals surface area contributed by atoms with Crippen molar-refractivity contribution < 1.29 is 14.3 Å². The molecular formula is C23H25N5O3. The number of ether oxygens (including phenoxy) is 1. The van der Waals surface area contributed by atoms with Gasteiger partial charge in [-0.3, -0.25) is 14.6 Å². The van der Waals surface area contributed by atoms with Gasteiger partial charge in [0.1, 0.15) is 5.82 Å². The lowest BCUT2D eigenvalue weighted by atomic mass is 10.0. The van der Waals surface area contributed by atoms with Crippen molar-refractivity contribution in [3.05, 3.63) is 78.2 Å². The molecule has 0 saturated carbocycles. The van der Waals surface area contributed by atoms with Crippen molar-refractivity contribution in [1.82, 2.24) is 19.7 Å². The zero-order chi connectivity index (χ0) is 21.6. The molecule has 1 fully saturated rings. The zero-order valence-electron chi connectivity index (χ0n) is 17.3. The van der Waals surface area contributed by atoms with Gasteiger partial charge in [0.2, 0.25) is 0 Å². The van der Waals surface area contributed by atoms with Crippen LogP contribution in [0.2, 0.25) is 0 Å². The fourth-order valence-corrected chi connectivity index (χ4v) is 3.90. The lowest BCUT2D eigenvalue weighted by Crippen LogP contribution is -2.39. The first-order valence-electron chi connectivity index (χ1n) is 10.3. The summed E-state index contributed by atoms with van der Waals surface area (Å²) in [5, 5.41) is 7.37. The second-order valence-electron chi connectivity index (χ2n) is 7.44. The van der Waals surface area contributed by atoms with Crippen molar-refractivity contribution in [1.29, 1.82) is 0 Å². The summed E-state index contributed by atoms with van der Waals surface area (Å²) in [5.74, 6) is 0.367. The molecule has 1 saturated heterocycles. The number of pyridine rings is 1. The molecule has 1 atom stereocenters. The summed E-state index contributed by atoms with van der Waals surface area (Å²) in [5.41, 5.74) is 1.38. The van der Waals surface area contributed by atoms with E-state index in [2.05, 4.69) is 15.4 Å². The minimum Gasteiger partial charge on any atom is -0.367 e. The van der Waals surface area contributed by atoms with E-state index in [1.165, 1.54) is 7.11 Å². The predicted molar refractivity (Wildman–Crippen MR) is 115 cm³/mol. The molecule has 2 aromatic heterocycles. The maximum Gasteiger partial charge on any atom is 0.259 e. The normalized spacial score (nSPS) is 15.5. The van der Waals surface area contributed by atoms with E-state index < -0.39 is 6.10 Å². The Hall–Kier alpha value is -3.52. The predicted octanol–water partition coefficient (Wildman–Crippen LogP) is 3.08. The van der Waals surface area contributed by atoms with Crippen LogP contribution in [0, 0.1) is 0 Å². The van der Waals surface area contributed by atoms with Gasteiger partial charge in [-0.2, -0.15) is 5.10 Å². The molecule has 3 aromatic rings. The van der Waals surface area contributed by atoms with Crippen LogP contribution in [0.4, 0.5) is 5.82 Å². The van der Waals surface area contributed by atoms with Crippen molar-refractivity contribution in [3.8, 4) is 0 Å².